The van der Waals surface area contributed by atoms with E-state index in [1.54, 1.807) is 84.9 Å². The van der Waals surface area contributed by atoms with Crippen molar-refractivity contribution in [3.05, 3.63) is 118 Å². The SMILES string of the molecule is NC(N)=NCCC[C@@H](C(=O)C(N)CCC[C@@](N)(C(=O)OCc1ccccc1)C(=O)N1CCC[C@H]1C(=O)N1CCC[C@H]1C(=O)NCC(=O)O)N(C(=O)[C@H](Cc1ccccc1)NC(=O)[C@@H]1CCCN1C(=O)CNC(=O)[C@@H](N)Cc1ccccc1)[N+](=O)[O-]. The number of nitrogens with one attached hydrogen (secondary N) is 3. The molecule has 458 valence electrons. The average molecular weight is 1180 g/mol. The van der Waals surface area contributed by atoms with Gasteiger partial charge in [0.1, 0.15) is 37.3 Å². The number of hydrogen-bond donors (Lipinski definition) is 9. The first-order chi connectivity index (χ1) is 40.6. The van der Waals surface area contributed by atoms with E-state index in [0.717, 1.165) is 10.5 Å². The molecule has 3 aromatic carbocycles. The van der Waals surface area contributed by atoms with Gasteiger partial charge >= 0.3 is 17.8 Å². The summed E-state index contributed by atoms with van der Waals surface area (Å²) in [5, 5.41) is 28.8. The van der Waals surface area contributed by atoms with Crippen LogP contribution in [0.5, 0.6) is 0 Å². The Bertz CT molecular complexity index is 2900. The maximum atomic E-state index is 14.9. The zero-order valence-electron chi connectivity index (χ0n) is 47.2. The summed E-state index contributed by atoms with van der Waals surface area (Å²) in [5.74, 6) is -9.51. The third-order valence-corrected chi connectivity index (χ3v) is 15.2. The maximum Gasteiger partial charge on any atom is 0.336 e. The van der Waals surface area contributed by atoms with E-state index < -0.39 is 138 Å². The molecular formula is C57H76N14O14. The predicted octanol–water partition coefficient (Wildman–Crippen LogP) is -1.48. The van der Waals surface area contributed by atoms with Gasteiger partial charge in [0.2, 0.25) is 29.5 Å². The average Bonchev–Trinajstić information content (AvgIpc) is 3.52. The standard InChI is InChI=1S/C57H76N14O14/c58-39(21-10-26-57(62,55(82)85-35-38-19-8-3-9-20-38)54(81)69-30-14-25-45(69)53(80)68-29-13-23-43(68)50(77)65-34-47(73)74)48(75)42(22-11-27-63-56(60)61)70(71(83)84)52(79)41(32-37-17-6-2-7-18-37)66-51(78)44-24-12-28-67(44)46(72)33-64-49(76)40(59)31-36-15-4-1-5-16-36/h1-9,15-20,39-45H,10-14,21-35,58-59,62H2,(H,64,76)(H,65,77)(H,66,78)(H,73,74)(H4,60,61,63)/t39?,40-,41-,42-,43-,44-,45-,57-/m0/s1. The van der Waals surface area contributed by atoms with Crippen molar-refractivity contribution in [2.24, 2.45) is 33.7 Å². The number of carboxylic acids is 1. The van der Waals surface area contributed by atoms with Crippen molar-refractivity contribution in [2.75, 3.05) is 39.3 Å². The highest BCUT2D eigenvalue weighted by Gasteiger charge is 2.52. The Morgan fingerprint density at radius 3 is 1.85 bits per heavy atom. The minimum atomic E-state index is -2.52. The monoisotopic (exact) mass is 1180 g/mol. The highest BCUT2D eigenvalue weighted by atomic mass is 16.7. The third-order valence-electron chi connectivity index (χ3n) is 15.2. The molecule has 14 N–H and O–H groups in total. The minimum Gasteiger partial charge on any atom is -0.480 e. The molecule has 3 saturated heterocycles. The van der Waals surface area contributed by atoms with Crippen LogP contribution >= 0.6 is 0 Å². The van der Waals surface area contributed by atoms with Crippen LogP contribution in [0.4, 0.5) is 0 Å². The van der Waals surface area contributed by atoms with Gasteiger partial charge in [-0.1, -0.05) is 91.0 Å². The number of ketones is 1. The third kappa shape index (κ3) is 17.8. The smallest absolute Gasteiger partial charge is 0.336 e. The lowest BCUT2D eigenvalue weighted by atomic mass is 9.88. The lowest BCUT2D eigenvalue weighted by Crippen LogP contribution is -2.63. The van der Waals surface area contributed by atoms with Gasteiger partial charge in [-0.3, -0.25) is 48.1 Å². The summed E-state index contributed by atoms with van der Waals surface area (Å²) < 4.78 is 5.63. The number of nitro groups is 1. The Balaban J connectivity index is 1.21. The second-order valence-corrected chi connectivity index (χ2v) is 21.3. The number of nitrogens with two attached hydrogens (primary N) is 5. The van der Waals surface area contributed by atoms with Crippen LogP contribution in [-0.4, -0.2) is 182 Å². The summed E-state index contributed by atoms with van der Waals surface area (Å²) in [6.07, 6.45) is -0.242. The maximum absolute atomic E-state index is 14.9. The van der Waals surface area contributed by atoms with Crippen LogP contribution in [-0.2, 0) is 72.1 Å². The van der Waals surface area contributed by atoms with Gasteiger partial charge in [0, 0.05) is 32.6 Å². The number of carbonyl (C=O) groups excluding carboxylic acids is 9. The number of carbonyl (C=O) groups is 10. The normalized spacial score (nSPS) is 18.6. The van der Waals surface area contributed by atoms with Crippen molar-refractivity contribution >= 4 is 65.0 Å². The van der Waals surface area contributed by atoms with Crippen molar-refractivity contribution in [1.29, 1.82) is 0 Å². The molecule has 3 aromatic rings. The molecule has 3 fully saturated rings. The lowest BCUT2D eigenvalue weighted by Gasteiger charge is -2.35. The number of benzene rings is 3. The number of likely N-dealkylation sites (tertiary alicyclic amines) is 3. The summed E-state index contributed by atoms with van der Waals surface area (Å²) in [6, 6.07) is 16.1. The number of carboxylic acid groups (broad SMARTS) is 1. The molecule has 28 heteroatoms. The number of hydrazine groups is 1. The minimum absolute atomic E-state index is 0.0257. The lowest BCUT2D eigenvalue weighted by molar-refractivity contribution is -0.640. The van der Waals surface area contributed by atoms with Crippen LogP contribution in [0.1, 0.15) is 87.3 Å². The number of ether oxygens (including phenoxy) is 1. The Morgan fingerprint density at radius 1 is 0.706 bits per heavy atom. The molecule has 0 aliphatic carbocycles. The molecule has 0 aromatic heterocycles. The van der Waals surface area contributed by atoms with Gasteiger partial charge in [0.25, 0.3) is 5.91 Å². The highest BCUT2D eigenvalue weighted by Crippen LogP contribution is 2.30. The van der Waals surface area contributed by atoms with E-state index in [4.69, 9.17) is 38.5 Å². The fourth-order valence-corrected chi connectivity index (χ4v) is 10.8. The van der Waals surface area contributed by atoms with E-state index in [2.05, 4.69) is 20.9 Å². The molecule has 7 amide bonds. The number of aliphatic carboxylic acids is 1. The van der Waals surface area contributed by atoms with E-state index in [1.165, 1.54) is 9.80 Å². The predicted molar refractivity (Wildman–Crippen MR) is 306 cm³/mol. The van der Waals surface area contributed by atoms with Gasteiger partial charge in [-0.05, 0) is 98.7 Å². The molecular weight excluding hydrogens is 1100 g/mol. The first-order valence-electron chi connectivity index (χ1n) is 28.2. The van der Waals surface area contributed by atoms with Crippen LogP contribution in [0.15, 0.2) is 96.0 Å². The summed E-state index contributed by atoms with van der Waals surface area (Å²) in [7, 11) is 0. The van der Waals surface area contributed by atoms with Crippen LogP contribution in [0.3, 0.4) is 0 Å². The number of amides is 7. The molecule has 0 radical (unpaired) electrons. The first-order valence-corrected chi connectivity index (χ1v) is 28.2. The Kier molecular flexibility index (Phi) is 23.9. The number of esters is 1. The zero-order valence-corrected chi connectivity index (χ0v) is 47.2. The van der Waals surface area contributed by atoms with E-state index in [1.807, 2.05) is 6.07 Å². The molecule has 0 spiro atoms. The zero-order chi connectivity index (χ0) is 61.8. The summed E-state index contributed by atoms with van der Waals surface area (Å²) in [5.41, 5.74) is 29.9. The van der Waals surface area contributed by atoms with Crippen molar-refractivity contribution in [3.8, 4) is 0 Å². The molecule has 85 heavy (non-hydrogen) atoms. The van der Waals surface area contributed by atoms with Crippen LogP contribution in [0.25, 0.3) is 0 Å². The van der Waals surface area contributed by atoms with Gasteiger partial charge in [-0.2, -0.15) is 0 Å². The Morgan fingerprint density at radius 2 is 1.26 bits per heavy atom. The number of aliphatic imine (C=N–C) groups is 1. The number of hydrogen-bond acceptors (Lipinski definition) is 17. The number of rotatable bonds is 30. The van der Waals surface area contributed by atoms with E-state index in [0.29, 0.717) is 30.4 Å². The van der Waals surface area contributed by atoms with Gasteiger partial charge in [-0.15, -0.1) is 0 Å². The molecule has 0 bridgehead atoms. The van der Waals surface area contributed by atoms with E-state index in [9.17, 15) is 58.1 Å². The van der Waals surface area contributed by atoms with Gasteiger partial charge in [0.15, 0.2) is 28.4 Å². The van der Waals surface area contributed by atoms with E-state index >= 15 is 0 Å². The largest absolute Gasteiger partial charge is 0.480 e. The van der Waals surface area contributed by atoms with Crippen LogP contribution in [0.2, 0.25) is 0 Å². The Hall–Kier alpha value is -8.89. The molecule has 3 aliphatic rings. The van der Waals surface area contributed by atoms with Crippen molar-refractivity contribution in [2.45, 2.75) is 138 Å². The molecule has 0 saturated carbocycles. The number of nitrogens with zero attached hydrogens (tertiary/aromatic N) is 6. The number of guanidine groups is 1. The first kappa shape index (κ1) is 65.3. The topological polar surface area (TPSA) is 435 Å². The summed E-state index contributed by atoms with van der Waals surface area (Å²) in [6.45, 7) is -1.41. The molecule has 6 rings (SSSR count). The molecule has 28 nitrogen and oxygen atoms in total. The van der Waals surface area contributed by atoms with Crippen molar-refractivity contribution in [1.82, 2.24) is 35.7 Å². The second kappa shape index (κ2) is 31.1. The van der Waals surface area contributed by atoms with Gasteiger partial charge in [-0.25, -0.2) is 14.9 Å². The second-order valence-electron chi connectivity index (χ2n) is 21.3. The summed E-state index contributed by atoms with van der Waals surface area (Å²) >= 11 is 0. The summed E-state index contributed by atoms with van der Waals surface area (Å²) in [4.78, 5) is 159. The van der Waals surface area contributed by atoms with Crippen molar-refractivity contribution in [3.63, 3.8) is 0 Å². The molecule has 3 heterocycles. The fourth-order valence-electron chi connectivity index (χ4n) is 10.8. The van der Waals surface area contributed by atoms with Crippen molar-refractivity contribution < 1.29 is 62.8 Å². The molecule has 1 unspecified atom stereocenters. The van der Waals surface area contributed by atoms with Crippen LogP contribution in [0, 0.1) is 10.1 Å². The van der Waals surface area contributed by atoms with Crippen LogP contribution < -0.4 is 44.6 Å². The molecule has 8 atom stereocenters. The van der Waals surface area contributed by atoms with Gasteiger partial charge in [0.05, 0.1) is 18.6 Å². The molecule has 3 aliphatic heterocycles. The number of Topliss-reactive ketones (excluding diaryl/α,β-unsaturated/α-hetero) is 1. The Labute approximate surface area is 490 Å². The van der Waals surface area contributed by atoms with E-state index in [-0.39, 0.29) is 95.1 Å². The fraction of sp³-hybridized carbons (Fsp3) is 0.491. The quantitative estimate of drug-likeness (QED) is 0.00699. The van der Waals surface area contributed by atoms with Gasteiger partial charge < -0.3 is 69.2 Å². The highest BCUT2D eigenvalue weighted by molar-refractivity contribution is 6.08.